The predicted molar refractivity (Wildman–Crippen MR) is 109 cm³/mol. The van der Waals surface area contributed by atoms with Crippen LogP contribution in [0, 0.1) is 17.0 Å². The fraction of sp³-hybridized carbons (Fsp3) is 0.409. The first-order chi connectivity index (χ1) is 15.4. The summed E-state index contributed by atoms with van der Waals surface area (Å²) in [5.41, 5.74) is -0.226. The Hall–Kier alpha value is -3.43. The molecule has 1 aliphatic rings. The van der Waals surface area contributed by atoms with Gasteiger partial charge in [-0.05, 0) is 43.4 Å². The van der Waals surface area contributed by atoms with Crippen molar-refractivity contribution in [2.75, 3.05) is 19.7 Å². The van der Waals surface area contributed by atoms with Crippen LogP contribution in [0.25, 0.3) is 5.78 Å². The smallest absolute Gasteiger partial charge is 0.314 e. The molecular weight excluding hydrogens is 420 g/mol. The maximum Gasteiger partial charge on any atom is 0.314 e. The quantitative estimate of drug-likeness (QED) is 0.544. The van der Waals surface area contributed by atoms with Gasteiger partial charge in [0.15, 0.2) is 0 Å². The van der Waals surface area contributed by atoms with E-state index in [1.165, 1.54) is 16.9 Å². The number of benzene rings is 1. The van der Waals surface area contributed by atoms with Gasteiger partial charge in [0.25, 0.3) is 5.78 Å². The van der Waals surface area contributed by atoms with Crippen LogP contribution in [0.15, 0.2) is 36.9 Å². The van der Waals surface area contributed by atoms with Gasteiger partial charge in [-0.2, -0.15) is 10.1 Å². The number of halogens is 2. The Kier molecular flexibility index (Phi) is 6.11. The highest BCUT2D eigenvalue weighted by Crippen LogP contribution is 2.36. The Morgan fingerprint density at radius 1 is 1.25 bits per heavy atom. The average molecular weight is 443 g/mol. The summed E-state index contributed by atoms with van der Waals surface area (Å²) in [6.07, 6.45) is 5.73. The fourth-order valence-electron chi connectivity index (χ4n) is 4.18. The van der Waals surface area contributed by atoms with Crippen molar-refractivity contribution in [3.05, 3.63) is 59.7 Å². The monoisotopic (exact) mass is 443 g/mol. The lowest BCUT2D eigenvalue weighted by Crippen LogP contribution is -2.52. The van der Waals surface area contributed by atoms with E-state index in [0.717, 1.165) is 12.1 Å². The normalized spacial score (nSPS) is 18.7. The number of nitrogens with zero attached hydrogens (tertiary/aromatic N) is 5. The van der Waals surface area contributed by atoms with Crippen LogP contribution < -0.4 is 0 Å². The zero-order valence-electron chi connectivity index (χ0n) is 17.6. The van der Waals surface area contributed by atoms with Crippen LogP contribution in [0.5, 0.6) is 0 Å². The Bertz CT molecular complexity index is 1150. The van der Waals surface area contributed by atoms with Gasteiger partial charge in [0.1, 0.15) is 18.0 Å². The predicted octanol–water partition coefficient (Wildman–Crippen LogP) is 2.36. The molecule has 1 fully saturated rings. The van der Waals surface area contributed by atoms with E-state index in [9.17, 15) is 18.4 Å². The van der Waals surface area contributed by atoms with Gasteiger partial charge < -0.3 is 9.64 Å². The highest BCUT2D eigenvalue weighted by atomic mass is 19.1. The summed E-state index contributed by atoms with van der Waals surface area (Å²) >= 11 is 0. The van der Waals surface area contributed by atoms with Crippen molar-refractivity contribution in [2.45, 2.75) is 32.6 Å². The minimum absolute atomic E-state index is 0.0220. The first kappa shape index (κ1) is 21.8. The van der Waals surface area contributed by atoms with Gasteiger partial charge in [-0.3, -0.25) is 9.59 Å². The molecule has 0 N–H and O–H groups in total. The number of piperidine rings is 1. The Morgan fingerprint density at radius 2 is 2.09 bits per heavy atom. The lowest BCUT2D eigenvalue weighted by atomic mass is 9.74. The molecule has 2 aromatic heterocycles. The van der Waals surface area contributed by atoms with Gasteiger partial charge in [0, 0.05) is 31.5 Å². The zero-order valence-corrected chi connectivity index (χ0v) is 17.6. The van der Waals surface area contributed by atoms with E-state index < -0.39 is 23.0 Å². The molecule has 1 saturated heterocycles. The molecule has 1 atom stereocenters. The summed E-state index contributed by atoms with van der Waals surface area (Å²) in [7, 11) is 0. The first-order valence-electron chi connectivity index (χ1n) is 10.4. The standard InChI is InChI=1S/C22H23F2N5O3/c1-2-32-20(31)22(10-16-4-5-17(23)9-18(16)24)6-3-7-28(13-22)19(30)8-15-11-25-21-26-14-27-29(21)12-15/h4-5,9,11-12,14H,2-3,6-8,10,13H2,1H3/t22-/m0/s1. The van der Waals surface area contributed by atoms with Crippen LogP contribution in [0.2, 0.25) is 0 Å². The third-order valence-electron chi connectivity index (χ3n) is 5.73. The van der Waals surface area contributed by atoms with Crippen LogP contribution in [0.3, 0.4) is 0 Å². The molecule has 0 bridgehead atoms. The molecule has 10 heteroatoms. The van der Waals surface area contributed by atoms with Gasteiger partial charge in [0.05, 0.1) is 18.4 Å². The number of amides is 1. The van der Waals surface area contributed by atoms with E-state index >= 15 is 0 Å². The maximum atomic E-state index is 14.4. The van der Waals surface area contributed by atoms with E-state index in [1.807, 2.05) is 0 Å². The van der Waals surface area contributed by atoms with Crippen molar-refractivity contribution >= 4 is 17.7 Å². The van der Waals surface area contributed by atoms with E-state index in [0.29, 0.717) is 30.7 Å². The number of fused-ring (bicyclic) bond motifs is 1. The molecule has 32 heavy (non-hydrogen) atoms. The Labute approximate surface area is 183 Å². The second-order valence-corrected chi connectivity index (χ2v) is 7.98. The van der Waals surface area contributed by atoms with Crippen LogP contribution >= 0.6 is 0 Å². The molecule has 0 spiro atoms. The van der Waals surface area contributed by atoms with Crippen LogP contribution in [-0.4, -0.2) is 56.1 Å². The number of hydrogen-bond donors (Lipinski definition) is 0. The van der Waals surface area contributed by atoms with Crippen molar-refractivity contribution in [1.29, 1.82) is 0 Å². The number of carbonyl (C=O) groups excluding carboxylic acids is 2. The Balaban J connectivity index is 1.55. The van der Waals surface area contributed by atoms with Gasteiger partial charge in [0.2, 0.25) is 5.91 Å². The lowest BCUT2D eigenvalue weighted by Gasteiger charge is -2.41. The van der Waals surface area contributed by atoms with Gasteiger partial charge in [-0.25, -0.2) is 18.3 Å². The third-order valence-corrected chi connectivity index (χ3v) is 5.73. The third kappa shape index (κ3) is 4.44. The van der Waals surface area contributed by atoms with E-state index in [2.05, 4.69) is 15.1 Å². The molecule has 0 saturated carbocycles. The van der Waals surface area contributed by atoms with Crippen molar-refractivity contribution in [3.8, 4) is 0 Å². The van der Waals surface area contributed by atoms with Crippen LogP contribution in [-0.2, 0) is 27.2 Å². The summed E-state index contributed by atoms with van der Waals surface area (Å²) in [5, 5.41) is 4.02. The second-order valence-electron chi connectivity index (χ2n) is 7.98. The minimum atomic E-state index is -1.10. The summed E-state index contributed by atoms with van der Waals surface area (Å²) < 4.78 is 34.5. The van der Waals surface area contributed by atoms with E-state index in [1.54, 1.807) is 24.2 Å². The lowest BCUT2D eigenvalue weighted by molar-refractivity contribution is -0.160. The van der Waals surface area contributed by atoms with Gasteiger partial charge in [-0.15, -0.1) is 0 Å². The number of carbonyl (C=O) groups is 2. The minimum Gasteiger partial charge on any atom is -0.466 e. The molecule has 3 aromatic rings. The molecule has 1 aliphatic heterocycles. The van der Waals surface area contributed by atoms with Gasteiger partial charge >= 0.3 is 5.97 Å². The van der Waals surface area contributed by atoms with Crippen molar-refractivity contribution < 1.29 is 23.1 Å². The highest BCUT2D eigenvalue weighted by Gasteiger charge is 2.45. The van der Waals surface area contributed by atoms with Crippen LogP contribution in [0.1, 0.15) is 30.9 Å². The van der Waals surface area contributed by atoms with Crippen molar-refractivity contribution in [2.24, 2.45) is 5.41 Å². The first-order valence-corrected chi connectivity index (χ1v) is 10.4. The topological polar surface area (TPSA) is 89.7 Å². The molecule has 0 aliphatic carbocycles. The maximum absolute atomic E-state index is 14.4. The molecule has 0 unspecified atom stereocenters. The summed E-state index contributed by atoms with van der Waals surface area (Å²) in [4.78, 5) is 35.8. The van der Waals surface area contributed by atoms with E-state index in [4.69, 9.17) is 4.74 Å². The zero-order chi connectivity index (χ0) is 22.7. The number of hydrogen-bond acceptors (Lipinski definition) is 6. The molecular formula is C22H23F2N5O3. The fourth-order valence-corrected chi connectivity index (χ4v) is 4.18. The van der Waals surface area contributed by atoms with Gasteiger partial charge in [-0.1, -0.05) is 6.07 Å². The summed E-state index contributed by atoms with van der Waals surface area (Å²) in [5.74, 6) is -1.63. The number of likely N-dealkylation sites (tertiary alicyclic amines) is 1. The molecule has 168 valence electrons. The Morgan fingerprint density at radius 3 is 2.88 bits per heavy atom. The average Bonchev–Trinajstić information content (AvgIpc) is 3.24. The largest absolute Gasteiger partial charge is 0.466 e. The molecule has 4 rings (SSSR count). The summed E-state index contributed by atoms with van der Waals surface area (Å²) in [6, 6.07) is 3.30. The van der Waals surface area contributed by atoms with Crippen molar-refractivity contribution in [1.82, 2.24) is 24.5 Å². The highest BCUT2D eigenvalue weighted by molar-refractivity contribution is 5.82. The van der Waals surface area contributed by atoms with Crippen molar-refractivity contribution in [3.63, 3.8) is 0 Å². The number of esters is 1. The number of aromatic nitrogens is 4. The molecule has 0 radical (unpaired) electrons. The molecule has 8 nitrogen and oxygen atoms in total. The molecule has 1 amide bonds. The van der Waals surface area contributed by atoms with E-state index in [-0.39, 0.29) is 37.5 Å². The van der Waals surface area contributed by atoms with Crippen LogP contribution in [0.4, 0.5) is 8.78 Å². The molecule has 1 aromatic carbocycles. The molecule has 3 heterocycles. The number of ether oxygens (including phenoxy) is 1. The SMILES string of the molecule is CCOC(=O)[C@]1(Cc2ccc(F)cc2F)CCCN(C(=O)Cc2cnc3ncnn3c2)C1. The second kappa shape index (κ2) is 8.97. The summed E-state index contributed by atoms with van der Waals surface area (Å²) in [6.45, 7) is 2.44. The number of rotatable bonds is 6.